The summed E-state index contributed by atoms with van der Waals surface area (Å²) in [4.78, 5) is 9.58. The highest BCUT2D eigenvalue weighted by molar-refractivity contribution is 6.08. The van der Waals surface area contributed by atoms with Crippen LogP contribution in [0.2, 0.25) is 0 Å². The number of fused-ring (bicyclic) bond motifs is 4. The van der Waals surface area contributed by atoms with Gasteiger partial charge >= 0.3 is 0 Å². The quantitative estimate of drug-likeness (QED) is 0.185. The van der Waals surface area contributed by atoms with E-state index in [4.69, 9.17) is 11.6 Å². The van der Waals surface area contributed by atoms with E-state index in [2.05, 4.69) is 158 Å². The summed E-state index contributed by atoms with van der Waals surface area (Å²) in [5.74, 6) is 0. The summed E-state index contributed by atoms with van der Waals surface area (Å²) in [6, 6.07) is 52.1. The Bertz CT molecular complexity index is 2940. The smallest absolute Gasteiger partial charge is 0.0718 e. The van der Waals surface area contributed by atoms with Gasteiger partial charge in [-0.05, 0) is 114 Å². The molecular formula is C49H34N2. The summed E-state index contributed by atoms with van der Waals surface area (Å²) in [6.07, 6.45) is 10.3. The van der Waals surface area contributed by atoms with Crippen LogP contribution >= 0.6 is 0 Å². The average Bonchev–Trinajstić information content (AvgIpc) is 3.19. The summed E-state index contributed by atoms with van der Waals surface area (Å²) in [5.41, 5.74) is 9.70. The molecule has 0 bridgehead atoms. The van der Waals surface area contributed by atoms with Crippen molar-refractivity contribution < 1.29 is 0 Å². The minimum Gasteiger partial charge on any atom is -0.256 e. The Morgan fingerprint density at radius 2 is 1.06 bits per heavy atom. The lowest BCUT2D eigenvalue weighted by molar-refractivity contribution is 1.31. The van der Waals surface area contributed by atoms with Crippen LogP contribution in [0.25, 0.3) is 101 Å². The van der Waals surface area contributed by atoms with Crippen LogP contribution < -0.4 is 10.4 Å². The number of rotatable bonds is 5. The molecule has 0 fully saturated rings. The van der Waals surface area contributed by atoms with Gasteiger partial charge in [0.2, 0.25) is 0 Å². The highest BCUT2D eigenvalue weighted by Crippen LogP contribution is 2.36. The van der Waals surface area contributed by atoms with Crippen molar-refractivity contribution >= 4 is 55.9 Å². The zero-order valence-corrected chi connectivity index (χ0v) is 28.3. The fourth-order valence-corrected chi connectivity index (χ4v) is 7.40. The Morgan fingerprint density at radius 3 is 1.75 bits per heavy atom. The maximum atomic E-state index is 4.92. The summed E-state index contributed by atoms with van der Waals surface area (Å²) in [7, 11) is 0. The first kappa shape index (κ1) is 30.4. The average molecular weight is 651 g/mol. The number of benzene rings is 7. The second-order valence-corrected chi connectivity index (χ2v) is 13.1. The van der Waals surface area contributed by atoms with Crippen LogP contribution in [0.15, 0.2) is 170 Å². The number of hydrogen-bond donors (Lipinski definition) is 0. The predicted octanol–water partition coefficient (Wildman–Crippen LogP) is 11.5. The lowest BCUT2D eigenvalue weighted by Gasteiger charge is -2.17. The van der Waals surface area contributed by atoms with Crippen LogP contribution in [-0.4, -0.2) is 9.97 Å². The normalized spacial score (nSPS) is 12.1. The van der Waals surface area contributed by atoms with Crippen molar-refractivity contribution in [2.24, 2.45) is 0 Å². The van der Waals surface area contributed by atoms with Crippen molar-refractivity contribution in [3.63, 3.8) is 0 Å². The molecule has 9 aromatic rings. The van der Waals surface area contributed by atoms with Crippen LogP contribution in [0.5, 0.6) is 0 Å². The van der Waals surface area contributed by atoms with Gasteiger partial charge in [0.05, 0.1) is 11.2 Å². The molecule has 2 heterocycles. The third-order valence-electron chi connectivity index (χ3n) is 9.97. The Morgan fingerprint density at radius 1 is 0.471 bits per heavy atom. The van der Waals surface area contributed by atoms with Gasteiger partial charge in [0.1, 0.15) is 0 Å². The lowest BCUT2D eigenvalue weighted by atomic mass is 9.86. The summed E-state index contributed by atoms with van der Waals surface area (Å²) in [6.45, 7) is 6.87. The zero-order valence-electron chi connectivity index (χ0n) is 28.3. The highest BCUT2D eigenvalue weighted by atomic mass is 14.7. The number of pyridine rings is 2. The Balaban J connectivity index is 1.28. The van der Waals surface area contributed by atoms with Gasteiger partial charge in [0.25, 0.3) is 0 Å². The summed E-state index contributed by atoms with van der Waals surface area (Å²) in [5, 5.41) is 10.5. The molecular weight excluding hydrogens is 617 g/mol. The molecule has 7 aromatic carbocycles. The molecule has 0 saturated heterocycles. The highest BCUT2D eigenvalue weighted by Gasteiger charge is 2.16. The zero-order chi connectivity index (χ0) is 34.3. The molecule has 2 heteroatoms. The molecule has 0 spiro atoms. The van der Waals surface area contributed by atoms with Gasteiger partial charge in [-0.1, -0.05) is 134 Å². The van der Waals surface area contributed by atoms with Crippen molar-refractivity contribution in [3.05, 3.63) is 181 Å². The minimum atomic E-state index is 0.900. The molecule has 0 unspecified atom stereocenters. The van der Waals surface area contributed by atoms with Gasteiger partial charge in [-0.15, -0.1) is 0 Å². The first-order valence-corrected chi connectivity index (χ1v) is 17.4. The van der Waals surface area contributed by atoms with Gasteiger partial charge < -0.3 is 0 Å². The van der Waals surface area contributed by atoms with Gasteiger partial charge in [-0.25, -0.2) is 0 Å². The Kier molecular flexibility index (Phi) is 7.56. The van der Waals surface area contributed by atoms with Crippen molar-refractivity contribution in [2.45, 2.75) is 6.92 Å². The van der Waals surface area contributed by atoms with E-state index >= 15 is 0 Å². The number of allylic oxidation sites excluding steroid dienone is 2. The van der Waals surface area contributed by atoms with E-state index in [-0.39, 0.29) is 0 Å². The first-order chi connectivity index (χ1) is 25.1. The molecule has 240 valence electrons. The van der Waals surface area contributed by atoms with Crippen LogP contribution in [-0.2, 0) is 0 Å². The van der Waals surface area contributed by atoms with Crippen LogP contribution in [0.3, 0.4) is 0 Å². The molecule has 0 saturated carbocycles. The SMILES string of the molecule is C=c1c(-c2ccc3ccccc3c2)c2cc(-c3ccc(-c4cnc5ccccc5c4)nc3)ccc2c(-c2ccc3ccccc3c2)/c1=C/C=C\C. The lowest BCUT2D eigenvalue weighted by Crippen LogP contribution is -2.28. The Labute approximate surface area is 297 Å². The predicted molar refractivity (Wildman–Crippen MR) is 218 cm³/mol. The molecule has 0 aliphatic heterocycles. The van der Waals surface area contributed by atoms with E-state index in [0.717, 1.165) is 60.2 Å². The molecule has 0 amide bonds. The fourth-order valence-electron chi connectivity index (χ4n) is 7.40. The maximum absolute atomic E-state index is 4.92. The monoisotopic (exact) mass is 650 g/mol. The summed E-state index contributed by atoms with van der Waals surface area (Å²) >= 11 is 0. The molecule has 51 heavy (non-hydrogen) atoms. The molecule has 2 nitrogen and oxygen atoms in total. The standard InChI is InChI=1S/C49H34N2/c1-3-4-16-43-32(2)48(39-20-18-33-11-5-7-13-35(33)26-39)45-29-37(22-24-44(45)49(43)40-21-19-34-12-6-8-14-36(34)27-40)41-23-25-47(50-30-41)42-28-38-15-9-10-17-46(38)51-31-42/h3-31H,2H2,1H3/b4-3-,43-16+. The number of para-hydroxylation sites is 1. The second-order valence-electron chi connectivity index (χ2n) is 13.1. The van der Waals surface area contributed by atoms with E-state index in [0.29, 0.717) is 0 Å². The van der Waals surface area contributed by atoms with Crippen molar-refractivity contribution in [1.82, 2.24) is 9.97 Å². The molecule has 0 atom stereocenters. The van der Waals surface area contributed by atoms with Gasteiger partial charge in [-0.3, -0.25) is 9.97 Å². The van der Waals surface area contributed by atoms with Crippen LogP contribution in [0.4, 0.5) is 0 Å². The van der Waals surface area contributed by atoms with E-state index in [1.54, 1.807) is 0 Å². The Hall–Kier alpha value is -6.64. The number of aromatic nitrogens is 2. The second kappa shape index (κ2) is 12.7. The van der Waals surface area contributed by atoms with E-state index in [1.807, 2.05) is 30.6 Å². The van der Waals surface area contributed by atoms with Crippen LogP contribution in [0, 0.1) is 0 Å². The molecule has 2 aromatic heterocycles. The van der Waals surface area contributed by atoms with Crippen LogP contribution in [0.1, 0.15) is 6.92 Å². The minimum absolute atomic E-state index is 0.900. The molecule has 0 N–H and O–H groups in total. The molecule has 9 rings (SSSR count). The van der Waals surface area contributed by atoms with E-state index < -0.39 is 0 Å². The van der Waals surface area contributed by atoms with Gasteiger partial charge in [-0.2, -0.15) is 0 Å². The third-order valence-corrected chi connectivity index (χ3v) is 9.97. The number of nitrogens with zero attached hydrogens (tertiary/aromatic N) is 2. The summed E-state index contributed by atoms with van der Waals surface area (Å²) < 4.78 is 0. The van der Waals surface area contributed by atoms with Crippen molar-refractivity contribution in [3.8, 4) is 44.6 Å². The topological polar surface area (TPSA) is 25.8 Å². The molecule has 0 radical (unpaired) electrons. The van der Waals surface area contributed by atoms with Crippen molar-refractivity contribution in [2.75, 3.05) is 0 Å². The van der Waals surface area contributed by atoms with Gasteiger partial charge in [0.15, 0.2) is 0 Å². The maximum Gasteiger partial charge on any atom is 0.0718 e. The largest absolute Gasteiger partial charge is 0.256 e. The molecule has 0 aliphatic carbocycles. The van der Waals surface area contributed by atoms with Crippen molar-refractivity contribution in [1.29, 1.82) is 0 Å². The van der Waals surface area contributed by atoms with E-state index in [9.17, 15) is 0 Å². The first-order valence-electron chi connectivity index (χ1n) is 17.4. The number of hydrogen-bond acceptors (Lipinski definition) is 2. The third kappa shape index (κ3) is 5.48. The van der Waals surface area contributed by atoms with Gasteiger partial charge in [0, 0.05) is 28.9 Å². The molecule has 0 aliphatic rings. The van der Waals surface area contributed by atoms with E-state index in [1.165, 1.54) is 38.1 Å². The fraction of sp³-hybridized carbons (Fsp3) is 0.0204.